The summed E-state index contributed by atoms with van der Waals surface area (Å²) in [7, 11) is -0.546. The van der Waals surface area contributed by atoms with Gasteiger partial charge in [-0.05, 0) is 37.3 Å². The molecule has 180 valence electrons. The lowest BCUT2D eigenvalue weighted by atomic mass is 9.89. The van der Waals surface area contributed by atoms with Gasteiger partial charge in [-0.15, -0.1) is 4.36 Å². The highest BCUT2D eigenvalue weighted by molar-refractivity contribution is 7.93. The molecule has 0 saturated carbocycles. The smallest absolute Gasteiger partial charge is 0.266 e. The number of nitrogens with one attached hydrogen (secondary N) is 1. The van der Waals surface area contributed by atoms with Crippen molar-refractivity contribution in [1.82, 2.24) is 9.97 Å². The molecule has 0 unspecified atom stereocenters. The minimum Gasteiger partial charge on any atom is -0.363 e. The Morgan fingerprint density at radius 1 is 1.26 bits per heavy atom. The van der Waals surface area contributed by atoms with Crippen molar-refractivity contribution in [3.8, 4) is 6.19 Å². The maximum Gasteiger partial charge on any atom is 0.266 e. The summed E-state index contributed by atoms with van der Waals surface area (Å²) in [6, 6.07) is 3.36. The van der Waals surface area contributed by atoms with Crippen LogP contribution in [-0.2, 0) is 9.73 Å². The van der Waals surface area contributed by atoms with E-state index < -0.39 is 33.6 Å². The van der Waals surface area contributed by atoms with E-state index in [1.54, 1.807) is 13.1 Å². The number of aromatic nitrogens is 2. The summed E-state index contributed by atoms with van der Waals surface area (Å²) in [5.41, 5.74) is 1.36. The highest BCUT2D eigenvalue weighted by Gasteiger charge is 2.30. The molecule has 0 aliphatic carbocycles. The third-order valence-corrected chi connectivity index (χ3v) is 8.55. The zero-order chi connectivity index (χ0) is 24.5. The van der Waals surface area contributed by atoms with Crippen LogP contribution in [0.5, 0.6) is 0 Å². The van der Waals surface area contributed by atoms with Crippen LogP contribution in [0.25, 0.3) is 6.08 Å². The average molecular weight is 491 g/mol. The van der Waals surface area contributed by atoms with Crippen molar-refractivity contribution in [2.24, 2.45) is 10.3 Å². The highest BCUT2D eigenvalue weighted by atomic mass is 32.2. The highest BCUT2D eigenvalue weighted by Crippen LogP contribution is 2.37. The molecule has 7 nitrogen and oxygen atoms in total. The maximum atomic E-state index is 14.7. The normalized spacial score (nSPS) is 23.0. The Balaban J connectivity index is 1.62. The van der Waals surface area contributed by atoms with Gasteiger partial charge in [0, 0.05) is 30.7 Å². The molecule has 3 heterocycles. The van der Waals surface area contributed by atoms with E-state index in [0.29, 0.717) is 42.5 Å². The fourth-order valence-corrected chi connectivity index (χ4v) is 6.40. The van der Waals surface area contributed by atoms with Gasteiger partial charge in [0.25, 0.3) is 6.43 Å². The van der Waals surface area contributed by atoms with E-state index in [4.69, 9.17) is 5.26 Å². The summed E-state index contributed by atoms with van der Waals surface area (Å²) in [6.45, 7) is 2.33. The molecule has 2 aromatic rings. The van der Waals surface area contributed by atoms with Crippen LogP contribution < -0.4 is 10.2 Å². The van der Waals surface area contributed by atoms with E-state index in [0.717, 1.165) is 17.2 Å². The Hall–Kier alpha value is -3.13. The van der Waals surface area contributed by atoms with Crippen molar-refractivity contribution in [3.05, 3.63) is 52.6 Å². The summed E-state index contributed by atoms with van der Waals surface area (Å²) < 4.78 is 57.2. The quantitative estimate of drug-likeness (QED) is 0.598. The fraction of sp³-hybridized carbons (Fsp3) is 0.435. The van der Waals surface area contributed by atoms with Gasteiger partial charge in [-0.2, -0.15) is 5.26 Å². The average Bonchev–Trinajstić information content (AvgIpc) is 2.80. The van der Waals surface area contributed by atoms with Gasteiger partial charge in [0.2, 0.25) is 6.19 Å². The number of rotatable bonds is 5. The third-order valence-electron chi connectivity index (χ3n) is 6.39. The largest absolute Gasteiger partial charge is 0.363 e. The molecule has 4 rings (SSSR count). The third kappa shape index (κ3) is 4.73. The van der Waals surface area contributed by atoms with Crippen LogP contribution in [0.1, 0.15) is 48.9 Å². The van der Waals surface area contributed by atoms with Crippen LogP contribution in [0.4, 0.5) is 24.8 Å². The first kappa shape index (κ1) is 24.0. The molecular weight excluding hydrogens is 465 g/mol. The summed E-state index contributed by atoms with van der Waals surface area (Å²) in [6.07, 6.45) is 3.53. The summed E-state index contributed by atoms with van der Waals surface area (Å²) >= 11 is 0. The Bertz CT molecular complexity index is 1270. The van der Waals surface area contributed by atoms with Crippen molar-refractivity contribution in [3.63, 3.8) is 0 Å². The van der Waals surface area contributed by atoms with Crippen molar-refractivity contribution < 1.29 is 17.4 Å². The van der Waals surface area contributed by atoms with Gasteiger partial charge in [-0.25, -0.2) is 27.3 Å². The predicted octanol–water partition coefficient (Wildman–Crippen LogP) is 4.92. The number of hydrogen-bond acceptors (Lipinski definition) is 7. The molecule has 0 amide bonds. The summed E-state index contributed by atoms with van der Waals surface area (Å²) in [5.74, 6) is 1.20. The van der Waals surface area contributed by atoms with Crippen LogP contribution in [0.15, 0.2) is 34.5 Å². The van der Waals surface area contributed by atoms with Gasteiger partial charge in [0.05, 0.1) is 26.9 Å². The molecule has 0 bridgehead atoms. The van der Waals surface area contributed by atoms with E-state index >= 15 is 0 Å². The zero-order valence-electron chi connectivity index (χ0n) is 18.8. The van der Waals surface area contributed by atoms with Crippen LogP contribution in [-0.4, -0.2) is 39.3 Å². The first-order chi connectivity index (χ1) is 16.2. The van der Waals surface area contributed by atoms with E-state index in [2.05, 4.69) is 19.6 Å². The van der Waals surface area contributed by atoms with Gasteiger partial charge in [-0.3, -0.25) is 0 Å². The van der Waals surface area contributed by atoms with Crippen molar-refractivity contribution in [1.29, 1.82) is 5.26 Å². The Kier molecular flexibility index (Phi) is 6.79. The second kappa shape index (κ2) is 9.62. The lowest BCUT2D eigenvalue weighted by Gasteiger charge is -2.33. The lowest BCUT2D eigenvalue weighted by molar-refractivity contribution is 0.146. The van der Waals surface area contributed by atoms with Gasteiger partial charge >= 0.3 is 0 Å². The molecule has 1 aromatic heterocycles. The fourth-order valence-electron chi connectivity index (χ4n) is 4.56. The van der Waals surface area contributed by atoms with Gasteiger partial charge < -0.3 is 10.2 Å². The minimum absolute atomic E-state index is 0.127. The molecule has 1 N–H and O–H groups in total. The predicted molar refractivity (Wildman–Crippen MR) is 125 cm³/mol. The van der Waals surface area contributed by atoms with Gasteiger partial charge in [-0.1, -0.05) is 18.2 Å². The Morgan fingerprint density at radius 3 is 2.65 bits per heavy atom. The van der Waals surface area contributed by atoms with E-state index in [1.165, 1.54) is 18.5 Å². The molecule has 1 fully saturated rings. The monoisotopic (exact) mass is 490 g/mol. The first-order valence-electron chi connectivity index (χ1n) is 10.9. The molecular formula is C23H25F3N6OS. The zero-order valence-corrected chi connectivity index (χ0v) is 19.7. The molecule has 11 heteroatoms. The van der Waals surface area contributed by atoms with Crippen LogP contribution in [0, 0.1) is 23.2 Å². The topological polar surface area (TPSA) is 94.3 Å². The SMILES string of the molecule is C[C@@H](Nc1ncnc2c1C=C(C1CCS(=O)(=NC#N)CC1)CN2C)c1cccc(C(F)F)c1F. The van der Waals surface area contributed by atoms with Gasteiger partial charge in [0.1, 0.15) is 23.8 Å². The number of nitriles is 1. The summed E-state index contributed by atoms with van der Waals surface area (Å²) in [5, 5.41) is 12.0. The maximum absolute atomic E-state index is 14.7. The number of benzene rings is 1. The van der Waals surface area contributed by atoms with Crippen molar-refractivity contribution >= 4 is 27.4 Å². The molecule has 1 saturated heterocycles. The van der Waals surface area contributed by atoms with E-state index in [9.17, 15) is 17.4 Å². The van der Waals surface area contributed by atoms with Gasteiger partial charge in [0.15, 0.2) is 0 Å². The molecule has 2 aliphatic rings. The van der Waals surface area contributed by atoms with E-state index in [1.807, 2.05) is 18.0 Å². The van der Waals surface area contributed by atoms with Crippen molar-refractivity contribution in [2.75, 3.05) is 35.3 Å². The number of anilines is 2. The Morgan fingerprint density at radius 2 is 1.97 bits per heavy atom. The number of likely N-dealkylation sites (N-methyl/N-ethyl adjacent to an activating group) is 1. The molecule has 0 radical (unpaired) electrons. The minimum atomic E-state index is -2.90. The standard InChI is InChI=1S/C23H25F3N6OS/c1-14(17-4-3-5-18(20(17)24)21(25)26)31-22-19-10-16(11-32(2)23(19)29-13-28-22)15-6-8-34(33,9-7-15)30-12-27/h3-5,10,13-15,21H,6-9,11H2,1-2H3,(H,28,29,31)/t14-,15?,34?/m1/s1. The molecule has 2 aliphatic heterocycles. The molecule has 1 atom stereocenters. The van der Waals surface area contributed by atoms with Crippen LogP contribution in [0.3, 0.4) is 0 Å². The van der Waals surface area contributed by atoms with Crippen LogP contribution >= 0.6 is 0 Å². The second-order valence-corrected chi connectivity index (χ2v) is 11.1. The number of fused-ring (bicyclic) bond motifs is 1. The van der Waals surface area contributed by atoms with Crippen LogP contribution in [0.2, 0.25) is 0 Å². The number of nitrogens with zero attached hydrogens (tertiary/aromatic N) is 5. The molecule has 0 spiro atoms. The lowest BCUT2D eigenvalue weighted by Crippen LogP contribution is -2.32. The van der Waals surface area contributed by atoms with E-state index in [-0.39, 0.29) is 11.5 Å². The number of halogens is 3. The molecule has 1 aromatic carbocycles. The second-order valence-electron chi connectivity index (χ2n) is 8.60. The van der Waals surface area contributed by atoms with Crippen molar-refractivity contribution in [2.45, 2.75) is 32.2 Å². The first-order valence-corrected chi connectivity index (χ1v) is 12.8. The summed E-state index contributed by atoms with van der Waals surface area (Å²) in [4.78, 5) is 10.7. The Labute approximate surface area is 196 Å². The number of alkyl halides is 2. The number of hydrogen-bond donors (Lipinski definition) is 1. The molecule has 34 heavy (non-hydrogen) atoms.